The van der Waals surface area contributed by atoms with E-state index in [1.807, 2.05) is 0 Å². The molecule has 104 valence electrons. The van der Waals surface area contributed by atoms with Crippen LogP contribution in [0, 0.1) is 0 Å². The summed E-state index contributed by atoms with van der Waals surface area (Å²) in [6.45, 7) is 16.3. The zero-order valence-electron chi connectivity index (χ0n) is 12.8. The molecule has 3 nitrogen and oxygen atoms in total. The Labute approximate surface area is 108 Å². The second-order valence-electron chi connectivity index (χ2n) is 6.02. The molecule has 0 rings (SSSR count). The molecule has 0 saturated carbocycles. The lowest BCUT2D eigenvalue weighted by atomic mass is 10.1. The van der Waals surface area contributed by atoms with Crippen LogP contribution >= 0.6 is 0 Å². The van der Waals surface area contributed by atoms with Crippen molar-refractivity contribution in [1.29, 1.82) is 0 Å². The lowest BCUT2D eigenvalue weighted by molar-refractivity contribution is 0.0899. The van der Waals surface area contributed by atoms with Gasteiger partial charge in [0.2, 0.25) is 0 Å². The van der Waals surface area contributed by atoms with Crippen LogP contribution in [0.15, 0.2) is 0 Å². The Balaban J connectivity index is 4.34. The number of rotatable bonds is 8. The fraction of sp³-hybridized carbons (Fsp3) is 1.00. The smallest absolute Gasteiger partial charge is 0.0589 e. The van der Waals surface area contributed by atoms with Gasteiger partial charge in [-0.15, -0.1) is 0 Å². The molecule has 0 radical (unpaired) electrons. The quantitative estimate of drug-likeness (QED) is 0.710. The molecule has 1 atom stereocenters. The van der Waals surface area contributed by atoms with E-state index in [0.717, 1.165) is 19.7 Å². The molecule has 1 unspecified atom stereocenters. The molecule has 0 spiro atoms. The van der Waals surface area contributed by atoms with E-state index in [1.165, 1.54) is 6.42 Å². The summed E-state index contributed by atoms with van der Waals surface area (Å²) in [5, 5.41) is 3.60. The number of hydrogen-bond acceptors (Lipinski definition) is 3. The van der Waals surface area contributed by atoms with Gasteiger partial charge in [0, 0.05) is 37.8 Å². The third-order valence-corrected chi connectivity index (χ3v) is 3.03. The van der Waals surface area contributed by atoms with Crippen molar-refractivity contribution >= 4 is 0 Å². The first-order valence-electron chi connectivity index (χ1n) is 6.81. The Morgan fingerprint density at radius 3 is 2.18 bits per heavy atom. The topological polar surface area (TPSA) is 24.5 Å². The Morgan fingerprint density at radius 2 is 1.82 bits per heavy atom. The van der Waals surface area contributed by atoms with Gasteiger partial charge in [0.15, 0.2) is 0 Å². The van der Waals surface area contributed by atoms with E-state index >= 15 is 0 Å². The van der Waals surface area contributed by atoms with Gasteiger partial charge < -0.3 is 10.1 Å². The van der Waals surface area contributed by atoms with E-state index < -0.39 is 0 Å². The third kappa shape index (κ3) is 7.74. The van der Waals surface area contributed by atoms with Gasteiger partial charge in [-0.25, -0.2) is 0 Å². The molecule has 0 aliphatic carbocycles. The lowest BCUT2D eigenvalue weighted by Crippen LogP contribution is -2.50. The summed E-state index contributed by atoms with van der Waals surface area (Å²) in [5.74, 6) is 0. The third-order valence-electron chi connectivity index (χ3n) is 3.03. The number of methoxy groups -OCH3 is 1. The van der Waals surface area contributed by atoms with Crippen LogP contribution in [0.2, 0.25) is 0 Å². The fourth-order valence-corrected chi connectivity index (χ4v) is 1.98. The van der Waals surface area contributed by atoms with Crippen molar-refractivity contribution in [3.63, 3.8) is 0 Å². The number of nitrogens with zero attached hydrogens (tertiary/aromatic N) is 1. The maximum Gasteiger partial charge on any atom is 0.0589 e. The molecule has 0 heterocycles. The summed E-state index contributed by atoms with van der Waals surface area (Å²) < 4.78 is 5.20. The summed E-state index contributed by atoms with van der Waals surface area (Å²) in [7, 11) is 1.77. The normalized spacial score (nSPS) is 14.6. The summed E-state index contributed by atoms with van der Waals surface area (Å²) in [6.07, 6.45) is 1.17. The minimum Gasteiger partial charge on any atom is -0.383 e. The van der Waals surface area contributed by atoms with Crippen LogP contribution < -0.4 is 5.32 Å². The van der Waals surface area contributed by atoms with Gasteiger partial charge in [-0.1, -0.05) is 6.92 Å². The predicted molar refractivity (Wildman–Crippen MR) is 75.6 cm³/mol. The van der Waals surface area contributed by atoms with E-state index in [9.17, 15) is 0 Å². The molecule has 3 heteroatoms. The van der Waals surface area contributed by atoms with Crippen LogP contribution in [-0.4, -0.2) is 49.3 Å². The molecule has 0 saturated heterocycles. The molecule has 0 amide bonds. The van der Waals surface area contributed by atoms with Crippen LogP contribution in [0.1, 0.15) is 48.0 Å². The standard InChI is InChI=1S/C14H32N2O/c1-8-13(11-15-14(4,5)6)16(12(2)3)9-10-17-7/h12-13,15H,8-11H2,1-7H3. The highest BCUT2D eigenvalue weighted by molar-refractivity contribution is 4.80. The molecule has 0 aromatic carbocycles. The van der Waals surface area contributed by atoms with E-state index in [0.29, 0.717) is 12.1 Å². The monoisotopic (exact) mass is 244 g/mol. The van der Waals surface area contributed by atoms with Crippen molar-refractivity contribution in [2.45, 2.75) is 65.6 Å². The molecule has 0 aromatic rings. The van der Waals surface area contributed by atoms with Crippen LogP contribution in [0.25, 0.3) is 0 Å². The highest BCUT2D eigenvalue weighted by Gasteiger charge is 2.21. The van der Waals surface area contributed by atoms with Crippen molar-refractivity contribution < 1.29 is 4.74 Å². The minimum atomic E-state index is 0.192. The van der Waals surface area contributed by atoms with Gasteiger partial charge in [-0.2, -0.15) is 0 Å². The molecular weight excluding hydrogens is 212 g/mol. The Bertz CT molecular complexity index is 187. The van der Waals surface area contributed by atoms with Crippen LogP contribution in [0.3, 0.4) is 0 Å². The molecule has 0 aromatic heterocycles. The molecule has 0 aliphatic heterocycles. The summed E-state index contributed by atoms with van der Waals surface area (Å²) >= 11 is 0. The maximum atomic E-state index is 5.20. The van der Waals surface area contributed by atoms with Crippen LogP contribution in [0.5, 0.6) is 0 Å². The van der Waals surface area contributed by atoms with Gasteiger partial charge >= 0.3 is 0 Å². The van der Waals surface area contributed by atoms with E-state index in [2.05, 4.69) is 51.8 Å². The Kier molecular flexibility index (Phi) is 8.01. The first-order valence-corrected chi connectivity index (χ1v) is 6.81. The van der Waals surface area contributed by atoms with Gasteiger partial charge in [-0.05, 0) is 41.0 Å². The van der Waals surface area contributed by atoms with Gasteiger partial charge in [0.25, 0.3) is 0 Å². The van der Waals surface area contributed by atoms with Crippen molar-refractivity contribution in [3.8, 4) is 0 Å². The van der Waals surface area contributed by atoms with Crippen LogP contribution in [0.4, 0.5) is 0 Å². The van der Waals surface area contributed by atoms with Gasteiger partial charge in [0.05, 0.1) is 6.61 Å². The number of hydrogen-bond donors (Lipinski definition) is 1. The zero-order chi connectivity index (χ0) is 13.5. The molecule has 0 aliphatic rings. The van der Waals surface area contributed by atoms with Crippen molar-refractivity contribution in [1.82, 2.24) is 10.2 Å². The first kappa shape index (κ1) is 16.9. The average molecular weight is 244 g/mol. The Morgan fingerprint density at radius 1 is 1.24 bits per heavy atom. The van der Waals surface area contributed by atoms with Crippen molar-refractivity contribution in [3.05, 3.63) is 0 Å². The highest BCUT2D eigenvalue weighted by atomic mass is 16.5. The van der Waals surface area contributed by atoms with Gasteiger partial charge in [0.1, 0.15) is 0 Å². The summed E-state index contributed by atoms with van der Waals surface area (Å²) in [5.41, 5.74) is 0.192. The van der Waals surface area contributed by atoms with Crippen molar-refractivity contribution in [2.24, 2.45) is 0 Å². The Hall–Kier alpha value is -0.120. The molecule has 0 fully saturated rings. The number of ether oxygens (including phenoxy) is 1. The first-order chi connectivity index (χ1) is 7.81. The molecule has 1 N–H and O–H groups in total. The zero-order valence-corrected chi connectivity index (χ0v) is 12.8. The molecule has 17 heavy (non-hydrogen) atoms. The molecular formula is C14H32N2O. The highest BCUT2D eigenvalue weighted by Crippen LogP contribution is 2.10. The maximum absolute atomic E-state index is 5.20. The average Bonchev–Trinajstić information content (AvgIpc) is 2.20. The van der Waals surface area contributed by atoms with Gasteiger partial charge in [-0.3, -0.25) is 4.90 Å². The predicted octanol–water partition coefficient (Wildman–Crippen LogP) is 2.51. The summed E-state index contributed by atoms with van der Waals surface area (Å²) in [6, 6.07) is 1.15. The van der Waals surface area contributed by atoms with E-state index in [1.54, 1.807) is 7.11 Å². The largest absolute Gasteiger partial charge is 0.383 e. The van der Waals surface area contributed by atoms with E-state index in [4.69, 9.17) is 4.74 Å². The minimum absolute atomic E-state index is 0.192. The fourth-order valence-electron chi connectivity index (χ4n) is 1.98. The molecule has 0 bridgehead atoms. The van der Waals surface area contributed by atoms with Crippen molar-refractivity contribution in [2.75, 3.05) is 26.8 Å². The lowest BCUT2D eigenvalue weighted by Gasteiger charge is -2.36. The SMILES string of the molecule is CCC(CNC(C)(C)C)N(CCOC)C(C)C. The summed E-state index contributed by atoms with van der Waals surface area (Å²) in [4.78, 5) is 2.53. The van der Waals surface area contributed by atoms with E-state index in [-0.39, 0.29) is 5.54 Å². The number of nitrogens with one attached hydrogen (secondary N) is 1. The van der Waals surface area contributed by atoms with Crippen LogP contribution in [-0.2, 0) is 4.74 Å². The second-order valence-corrected chi connectivity index (χ2v) is 6.02. The second kappa shape index (κ2) is 8.06.